The van der Waals surface area contributed by atoms with Crippen LogP contribution in [0.4, 0.5) is 0 Å². The van der Waals surface area contributed by atoms with Gasteiger partial charge in [0.05, 0.1) is 0 Å². The Morgan fingerprint density at radius 3 is 3.00 bits per heavy atom. The van der Waals surface area contributed by atoms with Gasteiger partial charge in [-0.05, 0) is 29.0 Å². The molecule has 0 saturated carbocycles. The zero-order chi connectivity index (χ0) is 8.27. The maximum Gasteiger partial charge on any atom is 0.0322 e. The van der Waals surface area contributed by atoms with Crippen molar-refractivity contribution in [2.24, 2.45) is 5.92 Å². The summed E-state index contributed by atoms with van der Waals surface area (Å²) in [6.07, 6.45) is 7.40. The predicted molar refractivity (Wildman–Crippen MR) is 57.5 cm³/mol. The molecule has 0 amide bonds. The molecule has 0 fully saturated rings. The van der Waals surface area contributed by atoms with Crippen LogP contribution < -0.4 is 5.32 Å². The summed E-state index contributed by atoms with van der Waals surface area (Å²) >= 11 is 2.34. The van der Waals surface area contributed by atoms with E-state index in [1.807, 2.05) is 13.1 Å². The first kappa shape index (κ1) is 8.84. The van der Waals surface area contributed by atoms with Gasteiger partial charge in [0, 0.05) is 22.2 Å². The Hall–Kier alpha value is -0.250. The SMILES string of the molecule is C=CC1CC=CC(I)=C1NC. The van der Waals surface area contributed by atoms with E-state index in [1.54, 1.807) is 0 Å². The molecule has 0 aromatic carbocycles. The normalized spacial score (nSPS) is 23.6. The molecule has 1 unspecified atom stereocenters. The number of allylic oxidation sites excluding steroid dienone is 4. The Morgan fingerprint density at radius 1 is 1.82 bits per heavy atom. The van der Waals surface area contributed by atoms with Crippen molar-refractivity contribution in [3.8, 4) is 0 Å². The Bertz CT molecular complexity index is 216. The van der Waals surface area contributed by atoms with Crippen molar-refractivity contribution in [2.45, 2.75) is 6.42 Å². The van der Waals surface area contributed by atoms with Crippen LogP contribution in [0.1, 0.15) is 6.42 Å². The van der Waals surface area contributed by atoms with E-state index in [1.165, 1.54) is 9.28 Å². The van der Waals surface area contributed by atoms with Gasteiger partial charge >= 0.3 is 0 Å². The largest absolute Gasteiger partial charge is 0.390 e. The molecule has 0 aromatic heterocycles. The molecule has 0 aliphatic heterocycles. The van der Waals surface area contributed by atoms with Crippen LogP contribution in [0, 0.1) is 5.92 Å². The van der Waals surface area contributed by atoms with Gasteiger partial charge in [0.1, 0.15) is 0 Å². The molecule has 1 aliphatic rings. The topological polar surface area (TPSA) is 12.0 Å². The van der Waals surface area contributed by atoms with Gasteiger partial charge in [-0.25, -0.2) is 0 Å². The summed E-state index contributed by atoms with van der Waals surface area (Å²) < 4.78 is 1.29. The van der Waals surface area contributed by atoms with E-state index >= 15 is 0 Å². The van der Waals surface area contributed by atoms with E-state index < -0.39 is 0 Å². The zero-order valence-electron chi connectivity index (χ0n) is 6.60. The Morgan fingerprint density at radius 2 is 2.55 bits per heavy atom. The van der Waals surface area contributed by atoms with Crippen molar-refractivity contribution in [1.29, 1.82) is 0 Å². The standard InChI is InChI=1S/C9H12IN/c1-3-7-5-4-6-8(10)9(7)11-2/h3-4,6-7,11H,1,5H2,2H3. The average molecular weight is 261 g/mol. The summed E-state index contributed by atoms with van der Waals surface area (Å²) in [5.74, 6) is 0.483. The molecule has 1 N–H and O–H groups in total. The molecule has 11 heavy (non-hydrogen) atoms. The fourth-order valence-electron chi connectivity index (χ4n) is 1.22. The van der Waals surface area contributed by atoms with E-state index in [9.17, 15) is 0 Å². The Kier molecular flexibility index (Phi) is 3.17. The second kappa shape index (κ2) is 3.95. The van der Waals surface area contributed by atoms with Gasteiger partial charge < -0.3 is 5.32 Å². The quantitative estimate of drug-likeness (QED) is 0.595. The maximum absolute atomic E-state index is 3.81. The van der Waals surface area contributed by atoms with Gasteiger partial charge in [-0.2, -0.15) is 0 Å². The highest BCUT2D eigenvalue weighted by Crippen LogP contribution is 2.27. The summed E-state index contributed by atoms with van der Waals surface area (Å²) in [4.78, 5) is 0. The summed E-state index contributed by atoms with van der Waals surface area (Å²) in [6.45, 7) is 3.81. The highest BCUT2D eigenvalue weighted by Gasteiger charge is 2.13. The number of halogens is 1. The third kappa shape index (κ3) is 1.86. The van der Waals surface area contributed by atoms with Crippen LogP contribution in [0.3, 0.4) is 0 Å². The van der Waals surface area contributed by atoms with E-state index in [4.69, 9.17) is 0 Å². The van der Waals surface area contributed by atoms with Crippen molar-refractivity contribution in [3.63, 3.8) is 0 Å². The molecule has 0 spiro atoms. The monoisotopic (exact) mass is 261 g/mol. The minimum atomic E-state index is 0.483. The van der Waals surface area contributed by atoms with Crippen LogP contribution in [-0.4, -0.2) is 7.05 Å². The van der Waals surface area contributed by atoms with E-state index in [2.05, 4.69) is 46.6 Å². The first-order valence-electron chi connectivity index (χ1n) is 3.66. The predicted octanol–water partition coefficient (Wildman–Crippen LogP) is 2.61. The molecular formula is C9H12IN. The number of nitrogens with one attached hydrogen (secondary N) is 1. The summed E-state index contributed by atoms with van der Waals surface area (Å²) in [5.41, 5.74) is 1.29. The van der Waals surface area contributed by atoms with E-state index in [0.717, 1.165) is 6.42 Å². The molecule has 60 valence electrons. The minimum Gasteiger partial charge on any atom is -0.390 e. The highest BCUT2D eigenvalue weighted by atomic mass is 127. The van der Waals surface area contributed by atoms with Gasteiger partial charge in [0.25, 0.3) is 0 Å². The van der Waals surface area contributed by atoms with Crippen LogP contribution >= 0.6 is 22.6 Å². The second-order valence-electron chi connectivity index (χ2n) is 2.49. The summed E-state index contributed by atoms with van der Waals surface area (Å²) in [7, 11) is 1.96. The van der Waals surface area contributed by atoms with E-state index in [0.29, 0.717) is 5.92 Å². The molecule has 2 heteroatoms. The number of rotatable bonds is 2. The van der Waals surface area contributed by atoms with Crippen molar-refractivity contribution >= 4 is 22.6 Å². The highest BCUT2D eigenvalue weighted by molar-refractivity contribution is 14.1. The number of hydrogen-bond donors (Lipinski definition) is 1. The molecule has 0 bridgehead atoms. The smallest absolute Gasteiger partial charge is 0.0322 e. The first-order valence-corrected chi connectivity index (χ1v) is 4.74. The third-order valence-corrected chi connectivity index (χ3v) is 2.78. The lowest BCUT2D eigenvalue weighted by Crippen LogP contribution is -2.17. The van der Waals surface area contributed by atoms with Gasteiger partial charge in [0.15, 0.2) is 0 Å². The van der Waals surface area contributed by atoms with Crippen LogP contribution in [0.5, 0.6) is 0 Å². The summed E-state index contributed by atoms with van der Waals surface area (Å²) in [6, 6.07) is 0. The lowest BCUT2D eigenvalue weighted by atomic mass is 9.97. The molecule has 1 atom stereocenters. The van der Waals surface area contributed by atoms with Crippen molar-refractivity contribution < 1.29 is 0 Å². The zero-order valence-corrected chi connectivity index (χ0v) is 8.76. The average Bonchev–Trinajstić information content (AvgIpc) is 2.04. The Balaban J connectivity index is 2.89. The molecule has 0 heterocycles. The number of hydrogen-bond acceptors (Lipinski definition) is 1. The second-order valence-corrected chi connectivity index (χ2v) is 3.65. The molecule has 1 rings (SSSR count). The van der Waals surface area contributed by atoms with Gasteiger partial charge in [-0.15, -0.1) is 6.58 Å². The maximum atomic E-state index is 3.81. The Labute approximate surface area is 81.4 Å². The minimum absolute atomic E-state index is 0.483. The molecule has 0 aromatic rings. The molecule has 0 radical (unpaired) electrons. The fraction of sp³-hybridized carbons (Fsp3) is 0.333. The summed E-state index contributed by atoms with van der Waals surface area (Å²) in [5, 5.41) is 3.20. The van der Waals surface area contributed by atoms with Gasteiger partial charge in [-0.3, -0.25) is 0 Å². The van der Waals surface area contributed by atoms with Gasteiger partial charge in [-0.1, -0.05) is 18.2 Å². The lowest BCUT2D eigenvalue weighted by molar-refractivity contribution is 0.699. The van der Waals surface area contributed by atoms with Gasteiger partial charge in [0.2, 0.25) is 0 Å². The van der Waals surface area contributed by atoms with Crippen LogP contribution in [0.2, 0.25) is 0 Å². The van der Waals surface area contributed by atoms with Crippen molar-refractivity contribution in [1.82, 2.24) is 5.32 Å². The first-order chi connectivity index (χ1) is 5.29. The molecule has 1 aliphatic carbocycles. The lowest BCUT2D eigenvalue weighted by Gasteiger charge is -2.19. The third-order valence-electron chi connectivity index (χ3n) is 1.84. The van der Waals surface area contributed by atoms with Crippen LogP contribution in [0.15, 0.2) is 34.1 Å². The van der Waals surface area contributed by atoms with Crippen molar-refractivity contribution in [3.05, 3.63) is 34.1 Å². The van der Waals surface area contributed by atoms with E-state index in [-0.39, 0.29) is 0 Å². The molecular weight excluding hydrogens is 249 g/mol. The molecule has 0 saturated heterocycles. The van der Waals surface area contributed by atoms with Crippen LogP contribution in [0.25, 0.3) is 0 Å². The van der Waals surface area contributed by atoms with Crippen molar-refractivity contribution in [2.75, 3.05) is 7.05 Å². The van der Waals surface area contributed by atoms with Crippen LogP contribution in [-0.2, 0) is 0 Å². The molecule has 1 nitrogen and oxygen atoms in total. The fourth-order valence-corrected chi connectivity index (χ4v) is 2.15.